The maximum Gasteiger partial charge on any atom is 0.156 e. The number of nitrogens with one attached hydrogen (secondary N) is 2. The standard InChI is InChI=1S/C26H26ClN7/c1-19-17-25(32-31-19)29-24-18-26(30-23(28-24)12-7-20-5-3-2-4-6-20)34-15-13-33(14-16-34)22-10-8-21(27)9-11-22/h2-12,17-18H,13-16H2,1H3,(H2,28,29,30,31,32)/b12-7+. The Bertz CT molecular complexity index is 1260. The van der Waals surface area contributed by atoms with Crippen LogP contribution in [0.4, 0.5) is 23.1 Å². The van der Waals surface area contributed by atoms with Crippen LogP contribution in [0.15, 0.2) is 66.7 Å². The van der Waals surface area contributed by atoms with E-state index < -0.39 is 0 Å². The molecule has 1 saturated heterocycles. The molecular weight excluding hydrogens is 446 g/mol. The number of H-pyrrole nitrogens is 1. The number of aromatic nitrogens is 4. The molecule has 1 aliphatic heterocycles. The van der Waals surface area contributed by atoms with Crippen LogP contribution in [0.2, 0.25) is 5.02 Å². The van der Waals surface area contributed by atoms with Crippen molar-refractivity contribution in [2.75, 3.05) is 41.3 Å². The second-order valence-electron chi connectivity index (χ2n) is 8.23. The van der Waals surface area contributed by atoms with Gasteiger partial charge in [0, 0.05) is 54.7 Å². The van der Waals surface area contributed by atoms with Gasteiger partial charge in [0.15, 0.2) is 11.6 Å². The Morgan fingerprint density at radius 3 is 2.29 bits per heavy atom. The highest BCUT2D eigenvalue weighted by atomic mass is 35.5. The first kappa shape index (κ1) is 22.0. The summed E-state index contributed by atoms with van der Waals surface area (Å²) in [4.78, 5) is 14.2. The molecule has 7 nitrogen and oxygen atoms in total. The van der Waals surface area contributed by atoms with Gasteiger partial charge in [-0.15, -0.1) is 0 Å². The Morgan fingerprint density at radius 1 is 0.853 bits per heavy atom. The summed E-state index contributed by atoms with van der Waals surface area (Å²) in [5.74, 6) is 2.99. The van der Waals surface area contributed by atoms with Crippen LogP contribution in [0.5, 0.6) is 0 Å². The number of benzene rings is 2. The molecule has 0 atom stereocenters. The number of aryl methyl sites for hydroxylation is 1. The van der Waals surface area contributed by atoms with E-state index in [0.717, 1.165) is 54.1 Å². The molecule has 5 rings (SSSR count). The van der Waals surface area contributed by atoms with Gasteiger partial charge in [-0.05, 0) is 42.8 Å². The monoisotopic (exact) mass is 471 g/mol. The smallest absolute Gasteiger partial charge is 0.156 e. The number of rotatable bonds is 6. The highest BCUT2D eigenvalue weighted by molar-refractivity contribution is 6.30. The van der Waals surface area contributed by atoms with Gasteiger partial charge < -0.3 is 15.1 Å². The molecule has 2 aromatic carbocycles. The molecule has 2 aromatic heterocycles. The molecule has 8 heteroatoms. The van der Waals surface area contributed by atoms with Crippen molar-refractivity contribution in [3.8, 4) is 0 Å². The van der Waals surface area contributed by atoms with E-state index in [2.05, 4.69) is 49.6 Å². The molecule has 0 aliphatic carbocycles. The number of piperazine rings is 1. The lowest BCUT2D eigenvalue weighted by Crippen LogP contribution is -2.46. The summed E-state index contributed by atoms with van der Waals surface area (Å²) in [6.07, 6.45) is 3.98. The fourth-order valence-electron chi connectivity index (χ4n) is 3.95. The Kier molecular flexibility index (Phi) is 6.44. The van der Waals surface area contributed by atoms with Crippen molar-refractivity contribution < 1.29 is 0 Å². The number of halogens is 1. The molecule has 172 valence electrons. The molecule has 0 saturated carbocycles. The third-order valence-corrected chi connectivity index (χ3v) is 5.96. The number of hydrogen-bond donors (Lipinski definition) is 2. The molecule has 1 fully saturated rings. The Morgan fingerprint density at radius 2 is 1.59 bits per heavy atom. The van der Waals surface area contributed by atoms with Crippen LogP contribution < -0.4 is 15.1 Å². The fourth-order valence-corrected chi connectivity index (χ4v) is 4.07. The SMILES string of the molecule is Cc1cc(Nc2cc(N3CCN(c4ccc(Cl)cc4)CC3)nc(/C=C/c3ccccc3)n2)n[nH]1. The average molecular weight is 472 g/mol. The summed E-state index contributed by atoms with van der Waals surface area (Å²) >= 11 is 6.05. The third kappa shape index (κ3) is 5.38. The number of aromatic amines is 1. The van der Waals surface area contributed by atoms with Gasteiger partial charge in [-0.25, -0.2) is 9.97 Å². The van der Waals surface area contributed by atoms with Gasteiger partial charge in [-0.1, -0.05) is 48.0 Å². The van der Waals surface area contributed by atoms with Crippen LogP contribution in [-0.2, 0) is 0 Å². The zero-order chi connectivity index (χ0) is 23.3. The minimum absolute atomic E-state index is 0.649. The molecule has 34 heavy (non-hydrogen) atoms. The molecule has 0 unspecified atom stereocenters. The first-order valence-corrected chi connectivity index (χ1v) is 11.7. The van der Waals surface area contributed by atoms with E-state index >= 15 is 0 Å². The molecule has 0 amide bonds. The van der Waals surface area contributed by atoms with Gasteiger partial charge in [-0.2, -0.15) is 5.10 Å². The van der Waals surface area contributed by atoms with Crippen LogP contribution in [0, 0.1) is 6.92 Å². The molecule has 4 aromatic rings. The van der Waals surface area contributed by atoms with E-state index in [1.54, 1.807) is 0 Å². The lowest BCUT2D eigenvalue weighted by Gasteiger charge is -2.36. The van der Waals surface area contributed by atoms with Crippen molar-refractivity contribution in [3.05, 3.63) is 88.8 Å². The van der Waals surface area contributed by atoms with Crippen LogP contribution in [0.3, 0.4) is 0 Å². The van der Waals surface area contributed by atoms with Gasteiger partial charge in [0.1, 0.15) is 11.6 Å². The molecule has 0 bridgehead atoms. The molecule has 1 aliphatic rings. The van der Waals surface area contributed by atoms with Crippen molar-refractivity contribution in [3.63, 3.8) is 0 Å². The highest BCUT2D eigenvalue weighted by Gasteiger charge is 2.20. The quantitative estimate of drug-likeness (QED) is 0.392. The summed E-state index contributed by atoms with van der Waals surface area (Å²) in [6.45, 7) is 5.51. The van der Waals surface area contributed by atoms with Crippen molar-refractivity contribution >= 4 is 46.9 Å². The van der Waals surface area contributed by atoms with Gasteiger partial charge in [-0.3, -0.25) is 5.10 Å². The van der Waals surface area contributed by atoms with Gasteiger partial charge >= 0.3 is 0 Å². The number of nitrogens with zero attached hydrogens (tertiary/aromatic N) is 5. The second-order valence-corrected chi connectivity index (χ2v) is 8.66. The predicted molar refractivity (Wildman–Crippen MR) is 140 cm³/mol. The van der Waals surface area contributed by atoms with Crippen LogP contribution in [-0.4, -0.2) is 46.3 Å². The average Bonchev–Trinajstić information content (AvgIpc) is 3.28. The van der Waals surface area contributed by atoms with E-state index in [0.29, 0.717) is 11.6 Å². The van der Waals surface area contributed by atoms with Crippen LogP contribution >= 0.6 is 11.6 Å². The first-order chi connectivity index (χ1) is 16.6. The highest BCUT2D eigenvalue weighted by Crippen LogP contribution is 2.24. The summed E-state index contributed by atoms with van der Waals surface area (Å²) in [5, 5.41) is 11.3. The molecule has 2 N–H and O–H groups in total. The van der Waals surface area contributed by atoms with Crippen molar-refractivity contribution in [1.82, 2.24) is 20.2 Å². The summed E-state index contributed by atoms with van der Waals surface area (Å²) in [5.41, 5.74) is 3.28. The number of hydrogen-bond acceptors (Lipinski definition) is 6. The Labute approximate surface area is 204 Å². The summed E-state index contributed by atoms with van der Waals surface area (Å²) in [7, 11) is 0. The second kappa shape index (κ2) is 9.97. The van der Waals surface area contributed by atoms with Crippen molar-refractivity contribution in [1.29, 1.82) is 0 Å². The molecular formula is C26H26ClN7. The van der Waals surface area contributed by atoms with Gasteiger partial charge in [0.25, 0.3) is 0 Å². The maximum absolute atomic E-state index is 6.05. The third-order valence-electron chi connectivity index (χ3n) is 5.71. The van der Waals surface area contributed by atoms with Crippen molar-refractivity contribution in [2.24, 2.45) is 0 Å². The van der Waals surface area contributed by atoms with E-state index in [1.807, 2.05) is 61.5 Å². The molecule has 3 heterocycles. The maximum atomic E-state index is 6.05. The first-order valence-electron chi connectivity index (χ1n) is 11.3. The lowest BCUT2D eigenvalue weighted by molar-refractivity contribution is 0.646. The zero-order valence-electron chi connectivity index (χ0n) is 18.9. The zero-order valence-corrected chi connectivity index (χ0v) is 19.7. The summed E-state index contributed by atoms with van der Waals surface area (Å²) < 4.78 is 0. The fraction of sp³-hybridized carbons (Fsp3) is 0.192. The molecule has 0 radical (unpaired) electrons. The van der Waals surface area contributed by atoms with Gasteiger partial charge in [0.05, 0.1) is 0 Å². The Hall–Kier alpha value is -3.84. The van der Waals surface area contributed by atoms with E-state index in [4.69, 9.17) is 21.6 Å². The van der Waals surface area contributed by atoms with Crippen LogP contribution in [0.25, 0.3) is 12.2 Å². The van der Waals surface area contributed by atoms with Gasteiger partial charge in [0.2, 0.25) is 0 Å². The lowest BCUT2D eigenvalue weighted by atomic mass is 10.2. The minimum atomic E-state index is 0.649. The van der Waals surface area contributed by atoms with Crippen LogP contribution in [0.1, 0.15) is 17.1 Å². The Balaban J connectivity index is 1.37. The molecule has 0 spiro atoms. The number of anilines is 4. The van der Waals surface area contributed by atoms with E-state index in [9.17, 15) is 0 Å². The van der Waals surface area contributed by atoms with Crippen molar-refractivity contribution in [2.45, 2.75) is 6.92 Å². The predicted octanol–water partition coefficient (Wildman–Crippen LogP) is 5.40. The minimum Gasteiger partial charge on any atom is -0.368 e. The van der Waals surface area contributed by atoms with E-state index in [-0.39, 0.29) is 0 Å². The van der Waals surface area contributed by atoms with E-state index in [1.165, 1.54) is 5.69 Å². The largest absolute Gasteiger partial charge is 0.368 e. The topological polar surface area (TPSA) is 73.0 Å². The summed E-state index contributed by atoms with van der Waals surface area (Å²) in [6, 6.07) is 22.1. The normalized spacial score (nSPS) is 14.1.